The first-order valence-corrected chi connectivity index (χ1v) is 6.41. The van der Waals surface area contributed by atoms with E-state index < -0.39 is 11.7 Å². The van der Waals surface area contributed by atoms with Crippen molar-refractivity contribution in [2.45, 2.75) is 13.3 Å². The number of hydrogen-bond acceptors (Lipinski definition) is 3. The first-order valence-electron chi connectivity index (χ1n) is 6.41. The van der Waals surface area contributed by atoms with Crippen molar-refractivity contribution in [1.82, 2.24) is 9.80 Å². The lowest BCUT2D eigenvalue weighted by Gasteiger charge is -2.24. The van der Waals surface area contributed by atoms with E-state index in [4.69, 9.17) is 5.73 Å². The van der Waals surface area contributed by atoms with Crippen molar-refractivity contribution >= 4 is 17.5 Å². The van der Waals surface area contributed by atoms with E-state index in [2.05, 4.69) is 0 Å². The number of halogens is 1. The molecule has 5 nitrogen and oxygen atoms in total. The molecule has 0 radical (unpaired) electrons. The molecule has 0 atom stereocenters. The van der Waals surface area contributed by atoms with Crippen molar-refractivity contribution in [3.05, 3.63) is 29.6 Å². The third-order valence-corrected chi connectivity index (χ3v) is 2.89. The highest BCUT2D eigenvalue weighted by Gasteiger charge is 2.21. The normalized spacial score (nSPS) is 10.2. The van der Waals surface area contributed by atoms with Crippen LogP contribution in [0.25, 0.3) is 0 Å². The van der Waals surface area contributed by atoms with Gasteiger partial charge in [0, 0.05) is 20.6 Å². The van der Waals surface area contributed by atoms with E-state index in [-0.39, 0.29) is 23.7 Å². The molecule has 0 aliphatic carbocycles. The van der Waals surface area contributed by atoms with Crippen molar-refractivity contribution in [1.29, 1.82) is 0 Å². The molecule has 6 heteroatoms. The van der Waals surface area contributed by atoms with Crippen LogP contribution in [0.15, 0.2) is 18.2 Å². The lowest BCUT2D eigenvalue weighted by Crippen LogP contribution is -2.41. The standard InChI is InChI=1S/C14H20FN3O2/c1-4-8-18(9-12(19)17(2)3)14(20)10-6-5-7-11(15)13(10)16/h5-7H,4,8-9,16H2,1-3H3. The third-order valence-electron chi connectivity index (χ3n) is 2.89. The molecule has 1 rings (SSSR count). The second kappa shape index (κ2) is 6.88. The average molecular weight is 281 g/mol. The third kappa shape index (κ3) is 3.69. The van der Waals surface area contributed by atoms with E-state index in [1.54, 1.807) is 14.1 Å². The van der Waals surface area contributed by atoms with E-state index in [9.17, 15) is 14.0 Å². The van der Waals surface area contributed by atoms with Crippen LogP contribution < -0.4 is 5.73 Å². The summed E-state index contributed by atoms with van der Waals surface area (Å²) in [7, 11) is 3.24. The molecular weight excluding hydrogens is 261 g/mol. The molecule has 0 aliphatic heterocycles. The summed E-state index contributed by atoms with van der Waals surface area (Å²) in [5.41, 5.74) is 5.49. The molecule has 2 N–H and O–H groups in total. The molecule has 2 amide bonds. The van der Waals surface area contributed by atoms with Crippen LogP contribution in [-0.2, 0) is 4.79 Å². The maximum absolute atomic E-state index is 13.4. The smallest absolute Gasteiger partial charge is 0.256 e. The molecule has 0 aromatic heterocycles. The Hall–Kier alpha value is -2.11. The van der Waals surface area contributed by atoms with E-state index >= 15 is 0 Å². The molecule has 0 saturated carbocycles. The summed E-state index contributed by atoms with van der Waals surface area (Å²) in [6.07, 6.45) is 0.696. The Morgan fingerprint density at radius 1 is 1.30 bits per heavy atom. The summed E-state index contributed by atoms with van der Waals surface area (Å²) in [6.45, 7) is 2.26. The molecule has 0 heterocycles. The van der Waals surface area contributed by atoms with Gasteiger partial charge in [-0.1, -0.05) is 13.0 Å². The average Bonchev–Trinajstić information content (AvgIpc) is 2.40. The minimum atomic E-state index is -0.633. The monoisotopic (exact) mass is 281 g/mol. The van der Waals surface area contributed by atoms with Crippen molar-refractivity contribution in [3.8, 4) is 0 Å². The Bertz CT molecular complexity index is 503. The number of nitrogens with zero attached hydrogens (tertiary/aromatic N) is 2. The SMILES string of the molecule is CCCN(CC(=O)N(C)C)C(=O)c1cccc(F)c1N. The fourth-order valence-corrected chi connectivity index (χ4v) is 1.72. The number of carbonyl (C=O) groups excluding carboxylic acids is 2. The summed E-state index contributed by atoms with van der Waals surface area (Å²) >= 11 is 0. The summed E-state index contributed by atoms with van der Waals surface area (Å²) in [5.74, 6) is -1.26. The zero-order valence-corrected chi connectivity index (χ0v) is 12.0. The van der Waals surface area contributed by atoms with Crippen LogP contribution in [0.5, 0.6) is 0 Å². The highest BCUT2D eigenvalue weighted by atomic mass is 19.1. The van der Waals surface area contributed by atoms with Crippen LogP contribution in [0.2, 0.25) is 0 Å². The summed E-state index contributed by atoms with van der Waals surface area (Å²) in [5, 5.41) is 0. The molecule has 1 aromatic carbocycles. The Labute approximate surface area is 118 Å². The van der Waals surface area contributed by atoms with Crippen LogP contribution >= 0.6 is 0 Å². The van der Waals surface area contributed by atoms with Gasteiger partial charge in [0.1, 0.15) is 12.4 Å². The summed E-state index contributed by atoms with van der Waals surface area (Å²) in [4.78, 5) is 26.9. The number of nitrogen functional groups attached to an aromatic ring is 1. The second-order valence-corrected chi connectivity index (χ2v) is 4.72. The first kappa shape index (κ1) is 15.9. The quantitative estimate of drug-likeness (QED) is 0.828. The molecule has 0 unspecified atom stereocenters. The summed E-state index contributed by atoms with van der Waals surface area (Å²) < 4.78 is 13.4. The molecule has 110 valence electrons. The maximum Gasteiger partial charge on any atom is 0.256 e. The van der Waals surface area contributed by atoms with Crippen molar-refractivity contribution < 1.29 is 14.0 Å². The van der Waals surface area contributed by atoms with Crippen molar-refractivity contribution in [2.24, 2.45) is 0 Å². The predicted molar refractivity (Wildman–Crippen MR) is 75.7 cm³/mol. The molecular formula is C14H20FN3O2. The van der Waals surface area contributed by atoms with Crippen molar-refractivity contribution in [2.75, 3.05) is 32.9 Å². The minimum absolute atomic E-state index is 0.0460. The van der Waals surface area contributed by atoms with Crippen LogP contribution in [0.4, 0.5) is 10.1 Å². The van der Waals surface area contributed by atoms with Gasteiger partial charge in [0.25, 0.3) is 5.91 Å². The fraction of sp³-hybridized carbons (Fsp3) is 0.429. The van der Waals surface area contributed by atoms with Crippen LogP contribution in [0.3, 0.4) is 0 Å². The number of likely N-dealkylation sites (N-methyl/N-ethyl adjacent to an activating group) is 1. The van der Waals surface area contributed by atoms with Crippen LogP contribution in [-0.4, -0.2) is 48.8 Å². The number of nitrogens with two attached hydrogens (primary N) is 1. The van der Waals surface area contributed by atoms with Gasteiger partial charge in [0.2, 0.25) is 5.91 Å². The van der Waals surface area contributed by atoms with Gasteiger partial charge in [-0.15, -0.1) is 0 Å². The van der Waals surface area contributed by atoms with Crippen molar-refractivity contribution in [3.63, 3.8) is 0 Å². The van der Waals surface area contributed by atoms with Gasteiger partial charge < -0.3 is 15.5 Å². The number of amides is 2. The summed E-state index contributed by atoms with van der Waals surface area (Å²) in [6, 6.07) is 4.08. The lowest BCUT2D eigenvalue weighted by atomic mass is 10.1. The predicted octanol–water partition coefficient (Wildman–Crippen LogP) is 1.35. The van der Waals surface area contributed by atoms with E-state index in [0.29, 0.717) is 13.0 Å². The van der Waals surface area contributed by atoms with Gasteiger partial charge in [-0.05, 0) is 18.6 Å². The second-order valence-electron chi connectivity index (χ2n) is 4.72. The van der Waals surface area contributed by atoms with Crippen LogP contribution in [0.1, 0.15) is 23.7 Å². The number of carbonyl (C=O) groups is 2. The van der Waals surface area contributed by atoms with E-state index in [1.807, 2.05) is 6.92 Å². The minimum Gasteiger partial charge on any atom is -0.396 e. The number of anilines is 1. The molecule has 0 saturated heterocycles. The Morgan fingerprint density at radius 3 is 2.50 bits per heavy atom. The van der Waals surface area contributed by atoms with E-state index in [1.165, 1.54) is 28.0 Å². The fourth-order valence-electron chi connectivity index (χ4n) is 1.72. The van der Waals surface area contributed by atoms with Gasteiger partial charge in [0.15, 0.2) is 0 Å². The zero-order valence-electron chi connectivity index (χ0n) is 12.0. The van der Waals surface area contributed by atoms with Gasteiger partial charge >= 0.3 is 0 Å². The highest BCUT2D eigenvalue weighted by Crippen LogP contribution is 2.18. The number of rotatable bonds is 5. The Balaban J connectivity index is 2.99. The Morgan fingerprint density at radius 2 is 1.95 bits per heavy atom. The Kier molecular flexibility index (Phi) is 5.49. The molecule has 0 aliphatic rings. The molecule has 0 fully saturated rings. The maximum atomic E-state index is 13.4. The van der Waals surface area contributed by atoms with Crippen LogP contribution in [0, 0.1) is 5.82 Å². The topological polar surface area (TPSA) is 66.6 Å². The van der Waals surface area contributed by atoms with Gasteiger partial charge in [-0.25, -0.2) is 4.39 Å². The van der Waals surface area contributed by atoms with Gasteiger partial charge in [-0.2, -0.15) is 0 Å². The first-order chi connectivity index (χ1) is 9.38. The molecule has 0 bridgehead atoms. The number of hydrogen-bond donors (Lipinski definition) is 1. The van der Waals surface area contributed by atoms with Gasteiger partial charge in [-0.3, -0.25) is 9.59 Å². The molecule has 20 heavy (non-hydrogen) atoms. The highest BCUT2D eigenvalue weighted by molar-refractivity contribution is 6.00. The molecule has 1 aromatic rings. The lowest BCUT2D eigenvalue weighted by molar-refractivity contribution is -0.129. The molecule has 0 spiro atoms. The zero-order chi connectivity index (χ0) is 15.3. The van der Waals surface area contributed by atoms with Gasteiger partial charge in [0.05, 0.1) is 11.3 Å². The number of benzene rings is 1. The number of para-hydroxylation sites is 1. The largest absolute Gasteiger partial charge is 0.396 e. The van der Waals surface area contributed by atoms with E-state index in [0.717, 1.165) is 0 Å².